The minimum absolute atomic E-state index is 0.702. The summed E-state index contributed by atoms with van der Waals surface area (Å²) in [7, 11) is 0. The number of hydrogen-bond acceptors (Lipinski definition) is 1. The van der Waals surface area contributed by atoms with Gasteiger partial charge in [-0.1, -0.05) is 35.0 Å². The summed E-state index contributed by atoms with van der Waals surface area (Å²) >= 11 is 3.42. The predicted molar refractivity (Wildman–Crippen MR) is 71.0 cm³/mol. The largest absolute Gasteiger partial charge is 0.385 e. The van der Waals surface area contributed by atoms with Gasteiger partial charge in [0.25, 0.3) is 0 Å². The van der Waals surface area contributed by atoms with Crippen molar-refractivity contribution in [1.82, 2.24) is 0 Å². The summed E-state index contributed by atoms with van der Waals surface area (Å²) in [6, 6.07) is 7.84. The van der Waals surface area contributed by atoms with Gasteiger partial charge in [-0.15, -0.1) is 12.3 Å². The Labute approximate surface area is 106 Å². The lowest BCUT2D eigenvalue weighted by Crippen LogP contribution is -2.24. The first-order chi connectivity index (χ1) is 7.62. The number of benzene rings is 1. The molecule has 1 unspecified atom stereocenters. The molecule has 0 fully saturated rings. The second kappa shape index (κ2) is 6.08. The zero-order chi connectivity index (χ0) is 12.0. The molecule has 1 N–H and O–H groups in total. The molecule has 0 saturated heterocycles. The average Bonchev–Trinajstić information content (AvgIpc) is 2.29. The van der Waals surface area contributed by atoms with Crippen molar-refractivity contribution in [1.29, 1.82) is 0 Å². The van der Waals surface area contributed by atoms with E-state index in [9.17, 15) is 5.11 Å². The lowest BCUT2D eigenvalue weighted by molar-refractivity contribution is 0.0217. The molecular formula is C14H17BrO. The maximum absolute atomic E-state index is 10.6. The molecule has 0 aliphatic heterocycles. The Balaban J connectivity index is 2.83. The molecule has 0 radical (unpaired) electrons. The molecule has 0 spiro atoms. The highest BCUT2D eigenvalue weighted by molar-refractivity contribution is 9.10. The molecule has 0 aliphatic carbocycles. The molecule has 1 aromatic carbocycles. The van der Waals surface area contributed by atoms with E-state index in [1.54, 1.807) is 0 Å². The quantitative estimate of drug-likeness (QED) is 0.642. The molecule has 1 rings (SSSR count). The van der Waals surface area contributed by atoms with Gasteiger partial charge in [-0.05, 0) is 37.0 Å². The van der Waals surface area contributed by atoms with Crippen molar-refractivity contribution in [3.8, 4) is 12.3 Å². The van der Waals surface area contributed by atoms with Gasteiger partial charge in [0.1, 0.15) is 0 Å². The van der Waals surface area contributed by atoms with Gasteiger partial charge in [0.05, 0.1) is 5.60 Å². The van der Waals surface area contributed by atoms with Crippen LogP contribution >= 0.6 is 15.9 Å². The van der Waals surface area contributed by atoms with Crippen LogP contribution in [0.5, 0.6) is 0 Å². The zero-order valence-electron chi connectivity index (χ0n) is 9.54. The molecule has 0 saturated carbocycles. The number of hydrogen-bond donors (Lipinski definition) is 1. The van der Waals surface area contributed by atoms with E-state index in [2.05, 4.69) is 21.9 Å². The normalized spacial score (nSPS) is 14.1. The van der Waals surface area contributed by atoms with Gasteiger partial charge in [0.2, 0.25) is 0 Å². The number of terminal acetylenes is 1. The van der Waals surface area contributed by atoms with Crippen molar-refractivity contribution in [2.45, 2.75) is 38.2 Å². The number of halogens is 1. The smallest absolute Gasteiger partial charge is 0.0894 e. The van der Waals surface area contributed by atoms with E-state index in [0.717, 1.165) is 22.9 Å². The molecule has 0 aromatic heterocycles. The first-order valence-corrected chi connectivity index (χ1v) is 6.33. The summed E-state index contributed by atoms with van der Waals surface area (Å²) in [5.41, 5.74) is 0.210. The summed E-state index contributed by atoms with van der Waals surface area (Å²) in [6.45, 7) is 2.00. The predicted octanol–water partition coefficient (Wildman–Crippen LogP) is 3.85. The van der Waals surface area contributed by atoms with Gasteiger partial charge in [-0.2, -0.15) is 0 Å². The van der Waals surface area contributed by atoms with Gasteiger partial charge in [-0.3, -0.25) is 0 Å². The molecule has 16 heavy (non-hydrogen) atoms. The average molecular weight is 281 g/mol. The second-order valence-electron chi connectivity index (χ2n) is 3.95. The van der Waals surface area contributed by atoms with Crippen molar-refractivity contribution in [3.63, 3.8) is 0 Å². The van der Waals surface area contributed by atoms with Crippen LogP contribution in [0.25, 0.3) is 0 Å². The maximum atomic E-state index is 10.6. The number of unbranched alkanes of at least 4 members (excludes halogenated alkanes) is 1. The van der Waals surface area contributed by atoms with Crippen LogP contribution in [0.15, 0.2) is 28.7 Å². The van der Waals surface area contributed by atoms with Crippen LogP contribution in [0.1, 0.15) is 38.2 Å². The van der Waals surface area contributed by atoms with Crippen LogP contribution < -0.4 is 0 Å². The molecule has 2 heteroatoms. The van der Waals surface area contributed by atoms with E-state index in [-0.39, 0.29) is 0 Å². The van der Waals surface area contributed by atoms with Crippen LogP contribution in [0, 0.1) is 12.3 Å². The third-order valence-electron chi connectivity index (χ3n) is 2.86. The van der Waals surface area contributed by atoms with E-state index in [1.165, 1.54) is 0 Å². The monoisotopic (exact) mass is 280 g/mol. The van der Waals surface area contributed by atoms with E-state index in [1.807, 2.05) is 31.2 Å². The van der Waals surface area contributed by atoms with Gasteiger partial charge in [0, 0.05) is 10.9 Å². The molecule has 1 atom stereocenters. The minimum Gasteiger partial charge on any atom is -0.385 e. The maximum Gasteiger partial charge on any atom is 0.0894 e. The minimum atomic E-state index is -0.749. The molecule has 1 aromatic rings. The lowest BCUT2D eigenvalue weighted by Gasteiger charge is -2.27. The van der Waals surface area contributed by atoms with Gasteiger partial charge in [0.15, 0.2) is 0 Å². The van der Waals surface area contributed by atoms with Crippen molar-refractivity contribution in [3.05, 3.63) is 34.3 Å². The highest BCUT2D eigenvalue weighted by Gasteiger charge is 2.26. The van der Waals surface area contributed by atoms with Crippen molar-refractivity contribution in [2.24, 2.45) is 0 Å². The molecule has 86 valence electrons. The van der Waals surface area contributed by atoms with Crippen LogP contribution in [-0.2, 0) is 5.60 Å². The fourth-order valence-electron chi connectivity index (χ4n) is 1.79. The fourth-order valence-corrected chi connectivity index (χ4v) is 2.19. The van der Waals surface area contributed by atoms with E-state index in [0.29, 0.717) is 12.8 Å². The van der Waals surface area contributed by atoms with Gasteiger partial charge >= 0.3 is 0 Å². The third kappa shape index (κ3) is 3.37. The Kier molecular flexibility index (Phi) is 5.05. The van der Waals surface area contributed by atoms with Crippen LogP contribution in [-0.4, -0.2) is 5.11 Å². The Morgan fingerprint density at radius 2 is 2.25 bits per heavy atom. The Bertz CT molecular complexity index is 381. The van der Waals surface area contributed by atoms with Crippen LogP contribution in [0.2, 0.25) is 0 Å². The molecular weight excluding hydrogens is 264 g/mol. The summed E-state index contributed by atoms with van der Waals surface area (Å²) in [4.78, 5) is 0. The molecule has 0 heterocycles. The van der Waals surface area contributed by atoms with Crippen molar-refractivity contribution in [2.75, 3.05) is 0 Å². The first-order valence-electron chi connectivity index (χ1n) is 5.54. The standard InChI is InChI=1S/C14H17BrO/c1-3-5-6-10-14(16,4-2)12-8-7-9-13(15)11-12/h1,7-9,11,16H,4-6,10H2,2H3. The van der Waals surface area contributed by atoms with Crippen LogP contribution in [0.4, 0.5) is 0 Å². The molecule has 0 aliphatic rings. The van der Waals surface area contributed by atoms with E-state index >= 15 is 0 Å². The summed E-state index contributed by atoms with van der Waals surface area (Å²) in [6.07, 6.45) is 8.21. The Morgan fingerprint density at radius 1 is 1.50 bits per heavy atom. The van der Waals surface area contributed by atoms with E-state index < -0.39 is 5.60 Å². The molecule has 0 bridgehead atoms. The van der Waals surface area contributed by atoms with E-state index in [4.69, 9.17) is 6.42 Å². The van der Waals surface area contributed by atoms with Gasteiger partial charge < -0.3 is 5.11 Å². The first kappa shape index (κ1) is 13.3. The highest BCUT2D eigenvalue weighted by Crippen LogP contribution is 2.31. The Hall–Kier alpha value is -0.780. The second-order valence-corrected chi connectivity index (χ2v) is 4.87. The molecule has 1 nitrogen and oxygen atoms in total. The number of rotatable bonds is 5. The topological polar surface area (TPSA) is 20.2 Å². The van der Waals surface area contributed by atoms with Gasteiger partial charge in [-0.25, -0.2) is 0 Å². The molecule has 0 amide bonds. The Morgan fingerprint density at radius 3 is 2.81 bits per heavy atom. The van der Waals surface area contributed by atoms with Crippen LogP contribution in [0.3, 0.4) is 0 Å². The summed E-state index contributed by atoms with van der Waals surface area (Å²) in [5.74, 6) is 2.61. The van der Waals surface area contributed by atoms with Crippen molar-refractivity contribution >= 4 is 15.9 Å². The summed E-state index contributed by atoms with van der Waals surface area (Å²) in [5, 5.41) is 10.6. The number of aliphatic hydroxyl groups is 1. The third-order valence-corrected chi connectivity index (χ3v) is 3.35. The zero-order valence-corrected chi connectivity index (χ0v) is 11.1. The SMILES string of the molecule is C#CCCCC(O)(CC)c1cccc(Br)c1. The lowest BCUT2D eigenvalue weighted by atomic mass is 9.86. The fraction of sp³-hybridized carbons (Fsp3) is 0.429. The highest BCUT2D eigenvalue weighted by atomic mass is 79.9. The van der Waals surface area contributed by atoms with Crippen molar-refractivity contribution < 1.29 is 5.11 Å². The summed E-state index contributed by atoms with van der Waals surface area (Å²) < 4.78 is 0.994.